The molecule has 0 saturated carbocycles. The second-order valence-corrected chi connectivity index (χ2v) is 15.2. The maximum atomic E-state index is 6.28. The highest BCUT2D eigenvalue weighted by molar-refractivity contribution is 6.16. The van der Waals surface area contributed by atoms with E-state index >= 15 is 0 Å². The van der Waals surface area contributed by atoms with Crippen molar-refractivity contribution in [1.29, 1.82) is 0 Å². The zero-order valence-corrected chi connectivity index (χ0v) is 32.3. The van der Waals surface area contributed by atoms with Gasteiger partial charge in [-0.1, -0.05) is 170 Å². The van der Waals surface area contributed by atoms with E-state index in [-0.39, 0.29) is 0 Å². The summed E-state index contributed by atoms with van der Waals surface area (Å²) in [4.78, 5) is 15.5. The Morgan fingerprint density at radius 2 is 0.917 bits per heavy atom. The summed E-state index contributed by atoms with van der Waals surface area (Å²) in [6.45, 7) is 0. The molecule has 12 rings (SSSR count). The van der Waals surface area contributed by atoms with Gasteiger partial charge in [0.05, 0.1) is 16.7 Å². The van der Waals surface area contributed by atoms with Gasteiger partial charge < -0.3 is 8.98 Å². The van der Waals surface area contributed by atoms with Crippen LogP contribution in [0, 0.1) is 0 Å². The first-order valence-electron chi connectivity index (χ1n) is 20.2. The highest BCUT2D eigenvalue weighted by Crippen LogP contribution is 2.41. The lowest BCUT2D eigenvalue weighted by atomic mass is 9.99. The van der Waals surface area contributed by atoms with E-state index < -0.39 is 0 Å². The zero-order chi connectivity index (χ0) is 39.6. The maximum absolute atomic E-state index is 6.28. The van der Waals surface area contributed by atoms with E-state index in [0.717, 1.165) is 60.8 Å². The molecule has 12 aromatic rings. The van der Waals surface area contributed by atoms with E-state index in [1.807, 2.05) is 30.3 Å². The summed E-state index contributed by atoms with van der Waals surface area (Å²) in [6.07, 6.45) is 0. The van der Waals surface area contributed by atoms with Crippen LogP contribution < -0.4 is 0 Å². The number of benzene rings is 9. The van der Waals surface area contributed by atoms with Crippen LogP contribution in [0.3, 0.4) is 0 Å². The number of fused-ring (bicyclic) bond motifs is 7. The molecular formula is C55H34N4O. The largest absolute Gasteiger partial charge is 0.456 e. The van der Waals surface area contributed by atoms with Gasteiger partial charge in [0.15, 0.2) is 17.5 Å². The normalized spacial score (nSPS) is 11.7. The average Bonchev–Trinajstić information content (AvgIpc) is 3.88. The molecule has 0 atom stereocenters. The van der Waals surface area contributed by atoms with E-state index in [1.165, 1.54) is 38.3 Å². The van der Waals surface area contributed by atoms with Gasteiger partial charge in [-0.3, -0.25) is 0 Å². The van der Waals surface area contributed by atoms with Crippen molar-refractivity contribution in [2.24, 2.45) is 0 Å². The highest BCUT2D eigenvalue weighted by atomic mass is 16.3. The number of aromatic nitrogens is 4. The Hall–Kier alpha value is -8.15. The predicted molar refractivity (Wildman–Crippen MR) is 246 cm³/mol. The zero-order valence-electron chi connectivity index (χ0n) is 32.3. The van der Waals surface area contributed by atoms with Crippen LogP contribution in [-0.4, -0.2) is 19.5 Å². The lowest BCUT2D eigenvalue weighted by Crippen LogP contribution is -2.00. The second-order valence-electron chi connectivity index (χ2n) is 15.2. The van der Waals surface area contributed by atoms with Crippen molar-refractivity contribution >= 4 is 54.5 Å². The molecule has 0 bridgehead atoms. The van der Waals surface area contributed by atoms with Crippen molar-refractivity contribution in [2.75, 3.05) is 0 Å². The van der Waals surface area contributed by atoms with Gasteiger partial charge in [0.25, 0.3) is 0 Å². The fourth-order valence-electron chi connectivity index (χ4n) is 8.89. The van der Waals surface area contributed by atoms with Gasteiger partial charge in [-0.05, 0) is 63.9 Å². The van der Waals surface area contributed by atoms with E-state index in [4.69, 9.17) is 19.4 Å². The third-order valence-electron chi connectivity index (χ3n) is 11.7. The molecule has 280 valence electrons. The van der Waals surface area contributed by atoms with Gasteiger partial charge in [-0.25, -0.2) is 15.0 Å². The quantitative estimate of drug-likeness (QED) is 0.169. The molecule has 0 unspecified atom stereocenters. The minimum Gasteiger partial charge on any atom is -0.456 e. The minimum atomic E-state index is 0.593. The monoisotopic (exact) mass is 766 g/mol. The van der Waals surface area contributed by atoms with Crippen molar-refractivity contribution in [3.05, 3.63) is 206 Å². The third kappa shape index (κ3) is 5.52. The minimum absolute atomic E-state index is 0.593. The van der Waals surface area contributed by atoms with Gasteiger partial charge in [0.2, 0.25) is 0 Å². The Bertz CT molecular complexity index is 3600. The third-order valence-corrected chi connectivity index (χ3v) is 11.7. The maximum Gasteiger partial charge on any atom is 0.164 e. The molecule has 0 aliphatic rings. The van der Waals surface area contributed by atoms with Gasteiger partial charge in [0, 0.05) is 43.8 Å². The standard InChI is InChI=1S/C55H34N4O/c1-2-15-36(16-3-1)42-21-12-25-48-51(42)43-19-7-10-24-47(43)59(48)46-23-9-6-18-41(46)37-29-31-38(32-30-37)53-56-54(40-33-28-35-14-4-5-17-39(35)34-40)58-55(57-53)45-22-13-27-50-52(45)44-20-8-11-26-49(44)60-50/h1-34H. The number of para-hydroxylation sites is 3. The lowest BCUT2D eigenvalue weighted by Gasteiger charge is -2.15. The molecule has 3 heterocycles. The average molecular weight is 767 g/mol. The van der Waals surface area contributed by atoms with Crippen molar-refractivity contribution < 1.29 is 4.42 Å². The Labute approximate surface area is 345 Å². The molecule has 9 aromatic carbocycles. The second kappa shape index (κ2) is 13.8. The van der Waals surface area contributed by atoms with E-state index in [1.54, 1.807) is 0 Å². The van der Waals surface area contributed by atoms with Gasteiger partial charge >= 0.3 is 0 Å². The molecular weight excluding hydrogens is 733 g/mol. The molecule has 0 N–H and O–H groups in total. The van der Waals surface area contributed by atoms with Crippen LogP contribution in [0.2, 0.25) is 0 Å². The van der Waals surface area contributed by atoms with Crippen molar-refractivity contribution in [3.8, 4) is 62.1 Å². The molecule has 5 nitrogen and oxygen atoms in total. The first kappa shape index (κ1) is 33.9. The Morgan fingerprint density at radius 1 is 0.333 bits per heavy atom. The molecule has 0 radical (unpaired) electrons. The van der Waals surface area contributed by atoms with Crippen LogP contribution in [0.15, 0.2) is 211 Å². The Morgan fingerprint density at radius 3 is 1.80 bits per heavy atom. The number of nitrogens with zero attached hydrogens (tertiary/aromatic N) is 4. The predicted octanol–water partition coefficient (Wildman–Crippen LogP) is 14.4. The topological polar surface area (TPSA) is 56.7 Å². The smallest absolute Gasteiger partial charge is 0.164 e. The SMILES string of the molecule is c1ccc(-c2cccc3c2c2ccccc2n3-c2ccccc2-c2ccc(-c3nc(-c4ccc5ccccc5c4)nc(-c4cccc5oc6ccccc6c45)n3)cc2)cc1. The molecule has 3 aromatic heterocycles. The van der Waals surface area contributed by atoms with Crippen LogP contribution in [0.25, 0.3) is 117 Å². The summed E-state index contributed by atoms with van der Waals surface area (Å²) in [6, 6.07) is 72.3. The number of rotatable bonds is 6. The van der Waals surface area contributed by atoms with Gasteiger partial charge in [-0.2, -0.15) is 0 Å². The van der Waals surface area contributed by atoms with Gasteiger partial charge in [0.1, 0.15) is 11.2 Å². The van der Waals surface area contributed by atoms with Crippen LogP contribution >= 0.6 is 0 Å². The summed E-state index contributed by atoms with van der Waals surface area (Å²) in [7, 11) is 0. The molecule has 60 heavy (non-hydrogen) atoms. The Balaban J connectivity index is 1.01. The van der Waals surface area contributed by atoms with Crippen molar-refractivity contribution in [1.82, 2.24) is 19.5 Å². The summed E-state index contributed by atoms with van der Waals surface area (Å²) < 4.78 is 8.70. The van der Waals surface area contributed by atoms with E-state index in [0.29, 0.717) is 17.5 Å². The van der Waals surface area contributed by atoms with Crippen LogP contribution in [0.1, 0.15) is 0 Å². The number of furan rings is 1. The molecule has 0 amide bonds. The van der Waals surface area contributed by atoms with Crippen molar-refractivity contribution in [3.63, 3.8) is 0 Å². The highest BCUT2D eigenvalue weighted by Gasteiger charge is 2.20. The summed E-state index contributed by atoms with van der Waals surface area (Å²) in [5.41, 5.74) is 12.4. The van der Waals surface area contributed by atoms with E-state index in [9.17, 15) is 0 Å². The van der Waals surface area contributed by atoms with Crippen molar-refractivity contribution in [2.45, 2.75) is 0 Å². The fraction of sp³-hybridized carbons (Fsp3) is 0. The molecule has 0 fully saturated rings. The molecule has 5 heteroatoms. The van der Waals surface area contributed by atoms with Gasteiger partial charge in [-0.15, -0.1) is 0 Å². The van der Waals surface area contributed by atoms with Crippen LogP contribution in [-0.2, 0) is 0 Å². The lowest BCUT2D eigenvalue weighted by molar-refractivity contribution is 0.669. The molecule has 0 spiro atoms. The number of hydrogen-bond donors (Lipinski definition) is 0. The molecule has 0 aliphatic heterocycles. The van der Waals surface area contributed by atoms with E-state index in [2.05, 4.69) is 180 Å². The number of hydrogen-bond acceptors (Lipinski definition) is 4. The Kier molecular flexibility index (Phi) is 7.78. The fourth-order valence-corrected chi connectivity index (χ4v) is 8.89. The summed E-state index contributed by atoms with van der Waals surface area (Å²) >= 11 is 0. The van der Waals surface area contributed by atoms with Crippen LogP contribution in [0.5, 0.6) is 0 Å². The molecule has 0 saturated heterocycles. The summed E-state index contributed by atoms with van der Waals surface area (Å²) in [5.74, 6) is 1.81. The molecule has 0 aliphatic carbocycles. The summed E-state index contributed by atoms with van der Waals surface area (Å²) in [5, 5.41) is 6.78. The first-order valence-corrected chi connectivity index (χ1v) is 20.2. The van der Waals surface area contributed by atoms with Crippen LogP contribution in [0.4, 0.5) is 0 Å². The first-order chi connectivity index (χ1) is 29.7.